The van der Waals surface area contributed by atoms with Gasteiger partial charge in [0.05, 0.1) is 5.56 Å². The fourth-order valence-corrected chi connectivity index (χ4v) is 2.95. The molecule has 0 aliphatic carbocycles. The first-order chi connectivity index (χ1) is 10.9. The Hall–Kier alpha value is -1.80. The number of aliphatic carboxylic acids is 1. The highest BCUT2D eigenvalue weighted by Gasteiger charge is 2.25. The summed E-state index contributed by atoms with van der Waals surface area (Å²) in [5.41, 5.74) is 0.939. The monoisotopic (exact) mass is 398 g/mol. The Kier molecular flexibility index (Phi) is 5.84. The van der Waals surface area contributed by atoms with Crippen LogP contribution in [0.4, 0.5) is 0 Å². The lowest BCUT2D eigenvalue weighted by atomic mass is 10.1. The molecule has 1 aromatic carbocycles. The summed E-state index contributed by atoms with van der Waals surface area (Å²) in [5.74, 6) is -2.25. The van der Waals surface area contributed by atoms with Crippen LogP contribution in [0, 0.1) is 0 Å². The van der Waals surface area contributed by atoms with Crippen LogP contribution in [-0.2, 0) is 9.59 Å². The predicted molar refractivity (Wildman–Crippen MR) is 92.9 cm³/mol. The number of carbonyl (C=O) groups excluding carboxylic acids is 2. The summed E-state index contributed by atoms with van der Waals surface area (Å²) in [5, 5.41) is 12.0. The Labute approximate surface area is 145 Å². The zero-order chi connectivity index (χ0) is 17.0. The van der Waals surface area contributed by atoms with Gasteiger partial charge in [-0.25, -0.2) is 4.79 Å². The molecular formula is C15H15BrN2O4S. The first-order valence-electron chi connectivity index (χ1n) is 6.77. The van der Waals surface area contributed by atoms with E-state index in [1.54, 1.807) is 12.1 Å². The van der Waals surface area contributed by atoms with Gasteiger partial charge in [-0.3, -0.25) is 9.59 Å². The second-order valence-corrected chi connectivity index (χ2v) is 6.77. The van der Waals surface area contributed by atoms with Crippen LogP contribution in [0.1, 0.15) is 16.8 Å². The zero-order valence-corrected chi connectivity index (χ0v) is 14.7. The van der Waals surface area contributed by atoms with Crippen LogP contribution < -0.4 is 5.32 Å². The molecule has 6 nitrogen and oxygen atoms in total. The molecule has 23 heavy (non-hydrogen) atoms. The van der Waals surface area contributed by atoms with Crippen molar-refractivity contribution in [2.45, 2.75) is 12.5 Å². The van der Waals surface area contributed by atoms with Gasteiger partial charge in [0, 0.05) is 21.6 Å². The van der Waals surface area contributed by atoms with Gasteiger partial charge in [-0.05, 0) is 36.6 Å². The number of halogens is 1. The minimum absolute atomic E-state index is 0.216. The van der Waals surface area contributed by atoms with Crippen LogP contribution in [0.2, 0.25) is 0 Å². The summed E-state index contributed by atoms with van der Waals surface area (Å²) >= 11 is 4.79. The number of nitrogens with one attached hydrogen (secondary N) is 2. The topological polar surface area (TPSA) is 99.3 Å². The number of amides is 1. The van der Waals surface area contributed by atoms with Crippen molar-refractivity contribution in [3.8, 4) is 0 Å². The molecule has 0 saturated carbocycles. The lowest BCUT2D eigenvalue weighted by Gasteiger charge is -2.13. The molecule has 0 aliphatic rings. The number of H-pyrrole nitrogens is 1. The molecule has 0 fully saturated rings. The minimum Gasteiger partial charge on any atom is -0.480 e. The first-order valence-corrected chi connectivity index (χ1v) is 8.96. The van der Waals surface area contributed by atoms with E-state index in [9.17, 15) is 14.4 Å². The van der Waals surface area contributed by atoms with E-state index in [1.165, 1.54) is 18.0 Å². The summed E-state index contributed by atoms with van der Waals surface area (Å²) in [6.07, 6.45) is 3.56. The fraction of sp³-hybridized carbons (Fsp3) is 0.267. The smallest absolute Gasteiger partial charge is 0.326 e. The Morgan fingerprint density at radius 1 is 1.39 bits per heavy atom. The fourth-order valence-electron chi connectivity index (χ4n) is 2.12. The quantitative estimate of drug-likeness (QED) is 0.491. The normalized spacial score (nSPS) is 12.1. The van der Waals surface area contributed by atoms with Crippen molar-refractivity contribution >= 4 is 56.3 Å². The number of carboxylic acids is 1. The summed E-state index contributed by atoms with van der Waals surface area (Å²) in [6, 6.07) is 4.26. The molecule has 122 valence electrons. The third-order valence-electron chi connectivity index (χ3n) is 3.31. The van der Waals surface area contributed by atoms with E-state index in [4.69, 9.17) is 5.11 Å². The van der Waals surface area contributed by atoms with Crippen LogP contribution in [0.3, 0.4) is 0 Å². The number of rotatable bonds is 7. The number of ketones is 1. The van der Waals surface area contributed by atoms with Crippen molar-refractivity contribution in [3.05, 3.63) is 34.4 Å². The highest BCUT2D eigenvalue weighted by Crippen LogP contribution is 2.23. The number of thioether (sulfide) groups is 1. The van der Waals surface area contributed by atoms with Crippen LogP contribution in [0.25, 0.3) is 10.9 Å². The van der Waals surface area contributed by atoms with Gasteiger partial charge in [-0.15, -0.1) is 0 Å². The number of aromatic nitrogens is 1. The number of fused-ring (bicyclic) bond motifs is 1. The van der Waals surface area contributed by atoms with Crippen molar-refractivity contribution < 1.29 is 19.5 Å². The van der Waals surface area contributed by atoms with E-state index < -0.39 is 23.7 Å². The standard InChI is InChI=1S/C15H15BrN2O4S/c1-23-5-4-12(15(21)22)18-14(20)13(19)10-7-17-11-3-2-8(16)6-9(10)11/h2-3,6-7,12,17H,4-5H2,1H3,(H,18,20)(H,21,22). The maximum absolute atomic E-state index is 12.3. The van der Waals surface area contributed by atoms with Gasteiger partial charge >= 0.3 is 5.97 Å². The highest BCUT2D eigenvalue weighted by atomic mass is 79.9. The largest absolute Gasteiger partial charge is 0.480 e. The average Bonchev–Trinajstić information content (AvgIpc) is 2.92. The third-order valence-corrected chi connectivity index (χ3v) is 4.45. The molecule has 3 N–H and O–H groups in total. The Balaban J connectivity index is 2.19. The summed E-state index contributed by atoms with van der Waals surface area (Å²) < 4.78 is 0.780. The predicted octanol–water partition coefficient (Wildman–Crippen LogP) is 2.44. The molecule has 8 heteroatoms. The molecular weight excluding hydrogens is 384 g/mol. The molecule has 0 bridgehead atoms. The van der Waals surface area contributed by atoms with E-state index in [1.807, 2.05) is 12.3 Å². The van der Waals surface area contributed by atoms with E-state index in [0.29, 0.717) is 11.1 Å². The van der Waals surface area contributed by atoms with Gasteiger partial charge in [0.25, 0.3) is 11.7 Å². The number of hydrogen-bond donors (Lipinski definition) is 3. The van der Waals surface area contributed by atoms with Gasteiger partial charge in [0.2, 0.25) is 0 Å². The first kappa shape index (κ1) is 17.6. The number of benzene rings is 1. The van der Waals surface area contributed by atoms with E-state index in [-0.39, 0.29) is 12.0 Å². The van der Waals surface area contributed by atoms with Crippen molar-refractivity contribution in [1.82, 2.24) is 10.3 Å². The minimum atomic E-state index is -1.15. The molecule has 0 aliphatic heterocycles. The summed E-state index contributed by atoms with van der Waals surface area (Å²) in [7, 11) is 0. The van der Waals surface area contributed by atoms with Gasteiger partial charge in [-0.1, -0.05) is 15.9 Å². The van der Waals surface area contributed by atoms with Crippen molar-refractivity contribution in [2.24, 2.45) is 0 Å². The van der Waals surface area contributed by atoms with Crippen molar-refractivity contribution in [3.63, 3.8) is 0 Å². The van der Waals surface area contributed by atoms with Gasteiger partial charge in [0.15, 0.2) is 0 Å². The molecule has 2 rings (SSSR count). The second kappa shape index (κ2) is 7.65. The molecule has 1 aromatic heterocycles. The van der Waals surface area contributed by atoms with E-state index in [0.717, 1.165) is 9.99 Å². The molecule has 1 heterocycles. The number of hydrogen-bond acceptors (Lipinski definition) is 4. The highest BCUT2D eigenvalue weighted by molar-refractivity contribution is 9.10. The molecule has 0 radical (unpaired) electrons. The average molecular weight is 399 g/mol. The van der Waals surface area contributed by atoms with Crippen molar-refractivity contribution in [2.75, 3.05) is 12.0 Å². The third kappa shape index (κ3) is 4.14. The van der Waals surface area contributed by atoms with Crippen LogP contribution in [-0.4, -0.2) is 45.8 Å². The lowest BCUT2D eigenvalue weighted by molar-refractivity contribution is -0.141. The molecule has 1 amide bonds. The maximum Gasteiger partial charge on any atom is 0.326 e. The van der Waals surface area contributed by atoms with Gasteiger partial charge in [0.1, 0.15) is 6.04 Å². The van der Waals surface area contributed by atoms with Crippen LogP contribution >= 0.6 is 27.7 Å². The van der Waals surface area contributed by atoms with E-state index >= 15 is 0 Å². The van der Waals surface area contributed by atoms with Gasteiger partial charge < -0.3 is 15.4 Å². The molecule has 0 spiro atoms. The number of aromatic amines is 1. The van der Waals surface area contributed by atoms with Crippen molar-refractivity contribution in [1.29, 1.82) is 0 Å². The summed E-state index contributed by atoms with van der Waals surface area (Å²) in [4.78, 5) is 38.5. The van der Waals surface area contributed by atoms with Gasteiger partial charge in [-0.2, -0.15) is 11.8 Å². The Bertz CT molecular complexity index is 759. The SMILES string of the molecule is CSCCC(NC(=O)C(=O)c1c[nH]c2ccc(Br)cc12)C(=O)O. The lowest BCUT2D eigenvalue weighted by Crippen LogP contribution is -2.44. The summed E-state index contributed by atoms with van der Waals surface area (Å²) in [6.45, 7) is 0. The maximum atomic E-state index is 12.3. The zero-order valence-electron chi connectivity index (χ0n) is 12.3. The van der Waals surface area contributed by atoms with Crippen LogP contribution in [0.15, 0.2) is 28.9 Å². The number of carboxylic acid groups (broad SMARTS) is 1. The molecule has 0 saturated heterocycles. The second-order valence-electron chi connectivity index (χ2n) is 4.87. The molecule has 1 unspecified atom stereocenters. The molecule has 2 aromatic rings. The van der Waals surface area contributed by atoms with Crippen LogP contribution in [0.5, 0.6) is 0 Å². The van der Waals surface area contributed by atoms with E-state index in [2.05, 4.69) is 26.2 Å². The number of carbonyl (C=O) groups is 3. The number of Topliss-reactive ketones (excluding diaryl/α,β-unsaturated/α-hetero) is 1. The molecule has 1 atom stereocenters. The Morgan fingerprint density at radius 2 is 2.13 bits per heavy atom. The Morgan fingerprint density at radius 3 is 2.78 bits per heavy atom.